The van der Waals surface area contributed by atoms with Gasteiger partial charge in [-0.15, -0.1) is 0 Å². The Kier molecular flexibility index (Phi) is 17.2. The second-order valence-corrected chi connectivity index (χ2v) is 16.7. The molecule has 1 aliphatic carbocycles. The van der Waals surface area contributed by atoms with Crippen LogP contribution in [0.4, 0.5) is 4.79 Å². The Morgan fingerprint density at radius 3 is 2.07 bits per heavy atom. The molecule has 0 aliphatic heterocycles. The lowest BCUT2D eigenvalue weighted by Crippen LogP contribution is -2.66. The molecule has 0 saturated heterocycles. The summed E-state index contributed by atoms with van der Waals surface area (Å²) in [5.74, 6) is 0.300. The van der Waals surface area contributed by atoms with E-state index in [0.717, 1.165) is 44.9 Å². The van der Waals surface area contributed by atoms with Crippen LogP contribution in [0, 0.1) is 22.7 Å². The highest BCUT2D eigenvalue weighted by Gasteiger charge is 2.48. The number of unbranched alkanes of at least 4 members (excludes halogenated alkanes) is 1. The number of carbonyl (C=O) groups is 3. The third kappa shape index (κ3) is 14.2. The van der Waals surface area contributed by atoms with E-state index in [1.165, 1.54) is 0 Å². The van der Waals surface area contributed by atoms with E-state index < -0.39 is 40.6 Å². The molecule has 1 saturated carbocycles. The molecule has 0 aromatic heterocycles. The highest BCUT2D eigenvalue weighted by Crippen LogP contribution is 2.41. The van der Waals surface area contributed by atoms with Crippen LogP contribution in [-0.2, 0) is 14.3 Å². The van der Waals surface area contributed by atoms with Crippen molar-refractivity contribution in [2.75, 3.05) is 19.7 Å². The lowest BCUT2D eigenvalue weighted by atomic mass is 9.67. The standard InChI is InChI=1S/C36H71N5O5/c1-25(2)28(30(43)40-27(29(42)33(4,5)6)17-11-12-23-39-32(38)45)41-36(18-13-15-26(3)16-14-19-36)31(44)34(7,8)21-24-46-35(9,10)20-22-37/h25-28,31,41,44H,11-24,37H2,1-10H3,(H,40,43)(H3,38,39,45)/t26?,27-,28-,31?,36?/m0/s1. The van der Waals surface area contributed by atoms with Crippen molar-refractivity contribution in [3.05, 3.63) is 0 Å². The normalized spacial score (nSPS) is 22.0. The fraction of sp³-hybridized carbons (Fsp3) is 0.917. The van der Waals surface area contributed by atoms with E-state index in [1.54, 1.807) is 0 Å². The number of amides is 3. The van der Waals surface area contributed by atoms with Crippen LogP contribution >= 0.6 is 0 Å². The van der Waals surface area contributed by atoms with Gasteiger partial charge in [-0.2, -0.15) is 0 Å². The molecule has 10 nitrogen and oxygen atoms in total. The number of primary amides is 1. The summed E-state index contributed by atoms with van der Waals surface area (Å²) < 4.78 is 6.21. The minimum Gasteiger partial charge on any atom is -0.391 e. The number of aliphatic hydroxyl groups excluding tert-OH is 1. The lowest BCUT2D eigenvalue weighted by Gasteiger charge is -2.49. The largest absolute Gasteiger partial charge is 0.391 e. The molecule has 3 atom stereocenters. The topological polar surface area (TPSA) is 169 Å². The number of Topliss-reactive ketones (excluding diaryl/α,β-unsaturated/α-hetero) is 1. The van der Waals surface area contributed by atoms with E-state index in [4.69, 9.17) is 16.2 Å². The Morgan fingerprint density at radius 1 is 0.978 bits per heavy atom. The van der Waals surface area contributed by atoms with Crippen LogP contribution in [0.25, 0.3) is 0 Å². The Morgan fingerprint density at radius 2 is 1.57 bits per heavy atom. The van der Waals surface area contributed by atoms with Crippen LogP contribution in [0.5, 0.6) is 0 Å². The molecule has 1 aliphatic rings. The molecule has 46 heavy (non-hydrogen) atoms. The molecule has 3 amide bonds. The Bertz CT molecular complexity index is 936. The first-order chi connectivity index (χ1) is 21.2. The number of nitrogens with one attached hydrogen (secondary N) is 3. The maximum atomic E-state index is 14.1. The molecule has 10 heteroatoms. The smallest absolute Gasteiger partial charge is 0.312 e. The number of ketones is 1. The van der Waals surface area contributed by atoms with Crippen LogP contribution < -0.4 is 27.4 Å². The summed E-state index contributed by atoms with van der Waals surface area (Å²) in [6.45, 7) is 21.7. The summed E-state index contributed by atoms with van der Waals surface area (Å²) in [5, 5.41) is 21.8. The predicted molar refractivity (Wildman–Crippen MR) is 187 cm³/mol. The highest BCUT2D eigenvalue weighted by atomic mass is 16.5. The van der Waals surface area contributed by atoms with Crippen LogP contribution in [0.15, 0.2) is 0 Å². The molecular formula is C36H71N5O5. The van der Waals surface area contributed by atoms with Gasteiger partial charge >= 0.3 is 6.03 Å². The Labute approximate surface area is 280 Å². The minimum absolute atomic E-state index is 0.0281. The zero-order valence-electron chi connectivity index (χ0n) is 31.0. The maximum absolute atomic E-state index is 14.1. The molecule has 0 aromatic rings. The summed E-state index contributed by atoms with van der Waals surface area (Å²) in [5.41, 5.74) is 8.84. The van der Waals surface area contributed by atoms with Gasteiger partial charge in [0, 0.05) is 24.1 Å². The van der Waals surface area contributed by atoms with E-state index in [1.807, 2.05) is 48.5 Å². The third-order valence-electron chi connectivity index (χ3n) is 9.87. The first kappa shape index (κ1) is 42.3. The molecule has 0 spiro atoms. The molecule has 8 N–H and O–H groups in total. The molecule has 1 rings (SSSR count). The highest BCUT2D eigenvalue weighted by molar-refractivity contribution is 5.93. The third-order valence-corrected chi connectivity index (χ3v) is 9.87. The van der Waals surface area contributed by atoms with E-state index >= 15 is 0 Å². The van der Waals surface area contributed by atoms with Gasteiger partial charge in [0.2, 0.25) is 5.91 Å². The number of ether oxygens (including phenoxy) is 1. The molecule has 0 bridgehead atoms. The van der Waals surface area contributed by atoms with Gasteiger partial charge in [0.05, 0.1) is 23.8 Å². The second-order valence-electron chi connectivity index (χ2n) is 16.7. The van der Waals surface area contributed by atoms with Crippen molar-refractivity contribution in [1.29, 1.82) is 0 Å². The van der Waals surface area contributed by atoms with Crippen molar-refractivity contribution in [2.24, 2.45) is 34.1 Å². The van der Waals surface area contributed by atoms with Crippen molar-refractivity contribution >= 4 is 17.7 Å². The number of carbonyl (C=O) groups excluding carboxylic acids is 3. The first-order valence-electron chi connectivity index (χ1n) is 17.9. The summed E-state index contributed by atoms with van der Waals surface area (Å²) in [6.07, 6.45) is 8.04. The number of hydrogen-bond acceptors (Lipinski definition) is 7. The SMILES string of the molecule is CC1CCCC(N[C@H](C(=O)N[C@@H](CCCCNC(N)=O)C(=O)C(C)(C)C)C(C)C)(C(O)C(C)(C)CCOC(C)(C)CCN)CCC1. The minimum atomic E-state index is -0.728. The van der Waals surface area contributed by atoms with Gasteiger partial charge in [0.25, 0.3) is 0 Å². The number of rotatable bonds is 19. The van der Waals surface area contributed by atoms with Gasteiger partial charge in [0.1, 0.15) is 0 Å². The molecule has 1 unspecified atom stereocenters. The molecule has 0 aromatic carbocycles. The first-order valence-corrected chi connectivity index (χ1v) is 17.9. The molecular weight excluding hydrogens is 582 g/mol. The van der Waals surface area contributed by atoms with Crippen molar-refractivity contribution < 1.29 is 24.2 Å². The van der Waals surface area contributed by atoms with Gasteiger partial charge in [0.15, 0.2) is 5.78 Å². The van der Waals surface area contributed by atoms with Crippen LogP contribution in [0.1, 0.15) is 140 Å². The van der Waals surface area contributed by atoms with E-state index in [2.05, 4.69) is 36.7 Å². The van der Waals surface area contributed by atoms with E-state index in [9.17, 15) is 19.5 Å². The lowest BCUT2D eigenvalue weighted by molar-refractivity contribution is -0.135. The van der Waals surface area contributed by atoms with Crippen LogP contribution in [0.3, 0.4) is 0 Å². The quantitative estimate of drug-likeness (QED) is 0.104. The zero-order valence-corrected chi connectivity index (χ0v) is 31.0. The van der Waals surface area contributed by atoms with Crippen molar-refractivity contribution in [1.82, 2.24) is 16.0 Å². The van der Waals surface area contributed by atoms with Crippen molar-refractivity contribution in [3.8, 4) is 0 Å². The predicted octanol–water partition coefficient (Wildman–Crippen LogP) is 5.19. The van der Waals surface area contributed by atoms with Gasteiger partial charge in [-0.25, -0.2) is 4.79 Å². The Hall–Kier alpha value is -1.75. The van der Waals surface area contributed by atoms with Crippen molar-refractivity contribution in [2.45, 2.75) is 169 Å². The fourth-order valence-corrected chi connectivity index (χ4v) is 6.78. The summed E-state index contributed by atoms with van der Waals surface area (Å²) in [4.78, 5) is 38.7. The number of urea groups is 1. The van der Waals surface area contributed by atoms with Gasteiger partial charge in [-0.05, 0) is 82.6 Å². The van der Waals surface area contributed by atoms with E-state index in [0.29, 0.717) is 51.3 Å². The van der Waals surface area contributed by atoms with Crippen LogP contribution in [0.2, 0.25) is 0 Å². The molecule has 270 valence electrons. The van der Waals surface area contributed by atoms with Gasteiger partial charge in [-0.3, -0.25) is 14.9 Å². The van der Waals surface area contributed by atoms with Gasteiger partial charge < -0.3 is 31.9 Å². The number of nitrogens with two attached hydrogens (primary N) is 2. The second kappa shape index (κ2) is 18.7. The maximum Gasteiger partial charge on any atom is 0.312 e. The molecule has 0 radical (unpaired) electrons. The monoisotopic (exact) mass is 654 g/mol. The van der Waals surface area contributed by atoms with Gasteiger partial charge in [-0.1, -0.05) is 81.1 Å². The molecule has 1 fully saturated rings. The van der Waals surface area contributed by atoms with Crippen LogP contribution in [-0.4, -0.2) is 71.9 Å². The summed E-state index contributed by atoms with van der Waals surface area (Å²) >= 11 is 0. The molecule has 0 heterocycles. The summed E-state index contributed by atoms with van der Waals surface area (Å²) in [6, 6.07) is -1.84. The van der Waals surface area contributed by atoms with Crippen molar-refractivity contribution in [3.63, 3.8) is 0 Å². The average molecular weight is 654 g/mol. The average Bonchev–Trinajstić information content (AvgIpc) is 2.91. The fourth-order valence-electron chi connectivity index (χ4n) is 6.78. The Balaban J connectivity index is 3.30. The zero-order chi connectivity index (χ0) is 35.3. The van der Waals surface area contributed by atoms with E-state index in [-0.39, 0.29) is 23.2 Å². The summed E-state index contributed by atoms with van der Waals surface area (Å²) in [7, 11) is 0. The number of aliphatic hydroxyl groups is 1. The number of hydrogen-bond donors (Lipinski definition) is 6.